The Morgan fingerprint density at radius 3 is 2.81 bits per heavy atom. The number of benzene rings is 1. The highest BCUT2D eigenvalue weighted by Crippen LogP contribution is 2.33. The Labute approximate surface area is 126 Å². The molecule has 106 valence electrons. The van der Waals surface area contributed by atoms with E-state index in [2.05, 4.69) is 10.3 Å². The lowest BCUT2D eigenvalue weighted by molar-refractivity contribution is 0.103. The summed E-state index contributed by atoms with van der Waals surface area (Å²) >= 11 is 1.32. The van der Waals surface area contributed by atoms with Gasteiger partial charge in [0.1, 0.15) is 9.71 Å². The molecule has 0 atom stereocenters. The molecule has 0 aliphatic carbocycles. The monoisotopic (exact) mass is 297 g/mol. The molecular weight excluding hydrogens is 282 g/mol. The molecule has 0 saturated carbocycles. The van der Waals surface area contributed by atoms with E-state index in [1.165, 1.54) is 11.3 Å². The van der Waals surface area contributed by atoms with Gasteiger partial charge in [0.2, 0.25) is 0 Å². The van der Waals surface area contributed by atoms with Gasteiger partial charge in [-0.3, -0.25) is 4.79 Å². The maximum absolute atomic E-state index is 12.4. The smallest absolute Gasteiger partial charge is 0.267 e. The Bertz CT molecular complexity index is 839. The van der Waals surface area contributed by atoms with E-state index in [4.69, 9.17) is 5.73 Å². The zero-order valence-electron chi connectivity index (χ0n) is 11.8. The molecule has 0 bridgehead atoms. The van der Waals surface area contributed by atoms with Crippen LogP contribution in [0.15, 0.2) is 36.4 Å². The van der Waals surface area contributed by atoms with Crippen LogP contribution in [0.3, 0.4) is 0 Å². The highest BCUT2D eigenvalue weighted by molar-refractivity contribution is 7.21. The van der Waals surface area contributed by atoms with Crippen molar-refractivity contribution in [2.24, 2.45) is 0 Å². The molecule has 0 saturated heterocycles. The number of hydrogen-bond donors (Lipinski definition) is 2. The molecule has 1 aromatic carbocycles. The van der Waals surface area contributed by atoms with Gasteiger partial charge in [-0.25, -0.2) is 4.98 Å². The molecule has 1 amide bonds. The van der Waals surface area contributed by atoms with Crippen molar-refractivity contribution in [1.82, 2.24) is 4.98 Å². The van der Waals surface area contributed by atoms with Crippen molar-refractivity contribution in [3.63, 3.8) is 0 Å². The van der Waals surface area contributed by atoms with Gasteiger partial charge in [-0.2, -0.15) is 0 Å². The quantitative estimate of drug-likeness (QED) is 0.757. The van der Waals surface area contributed by atoms with Gasteiger partial charge in [0.15, 0.2) is 0 Å². The fourth-order valence-electron chi connectivity index (χ4n) is 2.17. The molecule has 4 nitrogen and oxygen atoms in total. The standard InChI is InChI=1S/C16H15N3OS/c1-9-4-3-5-11(8-9)19-15(20)14-13(17)12-7-6-10(2)18-16(12)21-14/h3-8H,17H2,1-2H3,(H,19,20). The summed E-state index contributed by atoms with van der Waals surface area (Å²) in [6.45, 7) is 3.90. The van der Waals surface area contributed by atoms with Crippen LogP contribution in [0.4, 0.5) is 11.4 Å². The van der Waals surface area contributed by atoms with Gasteiger partial charge in [0, 0.05) is 16.8 Å². The summed E-state index contributed by atoms with van der Waals surface area (Å²) in [4.78, 5) is 18.1. The fourth-order valence-corrected chi connectivity index (χ4v) is 3.20. The second-order valence-corrected chi connectivity index (χ2v) is 5.97. The number of carbonyl (C=O) groups excluding carboxylic acids is 1. The number of thiophene rings is 1. The maximum Gasteiger partial charge on any atom is 0.267 e. The molecule has 0 unspecified atom stereocenters. The first kappa shape index (κ1) is 13.6. The van der Waals surface area contributed by atoms with Crippen molar-refractivity contribution in [3.8, 4) is 0 Å². The van der Waals surface area contributed by atoms with Crippen LogP contribution < -0.4 is 11.1 Å². The van der Waals surface area contributed by atoms with E-state index < -0.39 is 0 Å². The molecule has 0 radical (unpaired) electrons. The Hall–Kier alpha value is -2.40. The number of carbonyl (C=O) groups is 1. The number of aromatic nitrogens is 1. The fraction of sp³-hybridized carbons (Fsp3) is 0.125. The number of amides is 1. The summed E-state index contributed by atoms with van der Waals surface area (Å²) in [6.07, 6.45) is 0. The van der Waals surface area contributed by atoms with Crippen LogP contribution in [-0.2, 0) is 0 Å². The predicted molar refractivity (Wildman–Crippen MR) is 87.9 cm³/mol. The van der Waals surface area contributed by atoms with Crippen LogP contribution >= 0.6 is 11.3 Å². The van der Waals surface area contributed by atoms with Crippen LogP contribution in [-0.4, -0.2) is 10.9 Å². The molecule has 3 N–H and O–H groups in total. The number of rotatable bonds is 2. The predicted octanol–water partition coefficient (Wildman–Crippen LogP) is 3.75. The number of anilines is 2. The lowest BCUT2D eigenvalue weighted by atomic mass is 10.2. The number of hydrogen-bond acceptors (Lipinski definition) is 4. The third-order valence-electron chi connectivity index (χ3n) is 3.22. The number of fused-ring (bicyclic) bond motifs is 1. The van der Waals surface area contributed by atoms with Crippen LogP contribution in [0.25, 0.3) is 10.2 Å². The summed E-state index contributed by atoms with van der Waals surface area (Å²) in [5, 5.41) is 3.71. The molecule has 5 heteroatoms. The molecule has 3 rings (SSSR count). The molecule has 21 heavy (non-hydrogen) atoms. The summed E-state index contributed by atoms with van der Waals surface area (Å²) in [5.74, 6) is -0.196. The summed E-state index contributed by atoms with van der Waals surface area (Å²) in [6, 6.07) is 11.5. The highest BCUT2D eigenvalue weighted by Gasteiger charge is 2.17. The van der Waals surface area contributed by atoms with Crippen molar-refractivity contribution in [1.29, 1.82) is 0 Å². The SMILES string of the molecule is Cc1cccc(NC(=O)c2sc3nc(C)ccc3c2N)c1. The van der Waals surface area contributed by atoms with E-state index in [1.807, 2.05) is 50.2 Å². The minimum absolute atomic E-state index is 0.196. The molecular formula is C16H15N3OS. The molecule has 2 heterocycles. The summed E-state index contributed by atoms with van der Waals surface area (Å²) in [7, 11) is 0. The molecule has 0 spiro atoms. The normalized spacial score (nSPS) is 10.8. The average Bonchev–Trinajstić information content (AvgIpc) is 2.75. The van der Waals surface area contributed by atoms with Crippen LogP contribution in [0, 0.1) is 13.8 Å². The second kappa shape index (κ2) is 5.18. The van der Waals surface area contributed by atoms with E-state index in [0.717, 1.165) is 27.2 Å². The van der Waals surface area contributed by atoms with Crippen LogP contribution in [0.5, 0.6) is 0 Å². The largest absolute Gasteiger partial charge is 0.397 e. The molecule has 0 fully saturated rings. The van der Waals surface area contributed by atoms with Crippen molar-refractivity contribution < 1.29 is 4.79 Å². The first-order valence-corrected chi connectivity index (χ1v) is 7.40. The Balaban J connectivity index is 1.96. The number of nitrogens with two attached hydrogens (primary N) is 1. The van der Waals surface area contributed by atoms with E-state index in [1.54, 1.807) is 0 Å². The van der Waals surface area contributed by atoms with Gasteiger partial charge in [-0.05, 0) is 43.7 Å². The Kier molecular flexibility index (Phi) is 3.35. The van der Waals surface area contributed by atoms with Crippen molar-refractivity contribution in [2.75, 3.05) is 11.1 Å². The minimum Gasteiger partial charge on any atom is -0.397 e. The zero-order valence-corrected chi connectivity index (χ0v) is 12.6. The zero-order chi connectivity index (χ0) is 15.0. The lowest BCUT2D eigenvalue weighted by Crippen LogP contribution is -2.11. The van der Waals surface area contributed by atoms with E-state index in [0.29, 0.717) is 10.6 Å². The number of aryl methyl sites for hydroxylation is 2. The topological polar surface area (TPSA) is 68.0 Å². The number of nitrogens with one attached hydrogen (secondary N) is 1. The Morgan fingerprint density at radius 1 is 1.24 bits per heavy atom. The third kappa shape index (κ3) is 2.60. The van der Waals surface area contributed by atoms with Crippen LogP contribution in [0.1, 0.15) is 20.9 Å². The van der Waals surface area contributed by atoms with Crippen LogP contribution in [0.2, 0.25) is 0 Å². The van der Waals surface area contributed by atoms with Crippen molar-refractivity contribution in [3.05, 3.63) is 52.5 Å². The number of nitrogens with zero attached hydrogens (tertiary/aromatic N) is 1. The van der Waals surface area contributed by atoms with Crippen molar-refractivity contribution in [2.45, 2.75) is 13.8 Å². The number of pyridine rings is 1. The van der Waals surface area contributed by atoms with Gasteiger partial charge in [0.05, 0.1) is 5.69 Å². The Morgan fingerprint density at radius 2 is 2.05 bits per heavy atom. The van der Waals surface area contributed by atoms with E-state index in [9.17, 15) is 4.79 Å². The summed E-state index contributed by atoms with van der Waals surface area (Å²) < 4.78 is 0. The summed E-state index contributed by atoms with van der Waals surface area (Å²) in [5.41, 5.74) is 9.34. The maximum atomic E-state index is 12.4. The third-order valence-corrected chi connectivity index (χ3v) is 4.33. The molecule has 0 aliphatic rings. The van der Waals surface area contributed by atoms with Gasteiger partial charge >= 0.3 is 0 Å². The lowest BCUT2D eigenvalue weighted by Gasteiger charge is -2.05. The first-order chi connectivity index (χ1) is 10.0. The van der Waals surface area contributed by atoms with Gasteiger partial charge in [0.25, 0.3) is 5.91 Å². The van der Waals surface area contributed by atoms with Crippen molar-refractivity contribution >= 4 is 38.8 Å². The second-order valence-electron chi connectivity index (χ2n) is 4.97. The number of nitrogen functional groups attached to an aromatic ring is 1. The van der Waals surface area contributed by atoms with E-state index >= 15 is 0 Å². The van der Waals surface area contributed by atoms with E-state index in [-0.39, 0.29) is 5.91 Å². The van der Waals surface area contributed by atoms with Gasteiger partial charge in [-0.15, -0.1) is 11.3 Å². The average molecular weight is 297 g/mol. The molecule has 2 aromatic heterocycles. The van der Waals surface area contributed by atoms with Gasteiger partial charge in [-0.1, -0.05) is 12.1 Å². The molecule has 3 aromatic rings. The van der Waals surface area contributed by atoms with Gasteiger partial charge < -0.3 is 11.1 Å². The minimum atomic E-state index is -0.196. The first-order valence-electron chi connectivity index (χ1n) is 6.58. The molecule has 0 aliphatic heterocycles. The highest BCUT2D eigenvalue weighted by atomic mass is 32.1.